The molecule has 0 aromatic carbocycles. The SMILES string of the molecule is CN1CCCC[C@@H]1CN1CCN(C(=O)C2[C@@H]3CCCC[C@@H]23)CC1. The van der Waals surface area contributed by atoms with Gasteiger partial charge in [0.05, 0.1) is 0 Å². The van der Waals surface area contributed by atoms with E-state index in [9.17, 15) is 4.79 Å². The monoisotopic (exact) mass is 319 g/mol. The zero-order valence-corrected chi connectivity index (χ0v) is 14.8. The summed E-state index contributed by atoms with van der Waals surface area (Å²) in [4.78, 5) is 20.1. The fourth-order valence-corrected chi connectivity index (χ4v) is 5.39. The quantitative estimate of drug-likeness (QED) is 0.796. The number of hydrogen-bond acceptors (Lipinski definition) is 3. The Morgan fingerprint density at radius 2 is 1.52 bits per heavy atom. The van der Waals surface area contributed by atoms with Gasteiger partial charge in [-0.1, -0.05) is 19.3 Å². The van der Waals surface area contributed by atoms with E-state index in [1.165, 1.54) is 58.0 Å². The fourth-order valence-electron chi connectivity index (χ4n) is 5.39. The molecule has 2 heterocycles. The molecule has 0 aromatic heterocycles. The number of carbonyl (C=O) groups is 1. The Labute approximate surface area is 141 Å². The van der Waals surface area contributed by atoms with Crippen LogP contribution in [0.3, 0.4) is 0 Å². The van der Waals surface area contributed by atoms with Crippen molar-refractivity contribution in [2.45, 2.75) is 51.0 Å². The minimum absolute atomic E-state index is 0.411. The van der Waals surface area contributed by atoms with E-state index in [0.717, 1.165) is 44.1 Å². The number of carbonyl (C=O) groups excluding carboxylic acids is 1. The van der Waals surface area contributed by atoms with Crippen molar-refractivity contribution in [3.05, 3.63) is 0 Å². The average molecular weight is 319 g/mol. The highest BCUT2D eigenvalue weighted by Crippen LogP contribution is 2.56. The summed E-state index contributed by atoms with van der Waals surface area (Å²) in [6.07, 6.45) is 9.43. The number of amides is 1. The Kier molecular flexibility index (Phi) is 4.64. The van der Waals surface area contributed by atoms with Crippen LogP contribution in [0.2, 0.25) is 0 Å². The second kappa shape index (κ2) is 6.72. The van der Waals surface area contributed by atoms with E-state index < -0.39 is 0 Å². The van der Waals surface area contributed by atoms with Gasteiger partial charge in [0.15, 0.2) is 0 Å². The maximum Gasteiger partial charge on any atom is 0.226 e. The lowest BCUT2D eigenvalue weighted by atomic mass is 10.0. The van der Waals surface area contributed by atoms with Crippen LogP contribution >= 0.6 is 0 Å². The van der Waals surface area contributed by atoms with Crippen molar-refractivity contribution in [3.63, 3.8) is 0 Å². The van der Waals surface area contributed by atoms with E-state index in [1.54, 1.807) is 0 Å². The van der Waals surface area contributed by atoms with Crippen molar-refractivity contribution >= 4 is 5.91 Å². The maximum atomic E-state index is 12.8. The van der Waals surface area contributed by atoms with Gasteiger partial charge in [-0.15, -0.1) is 0 Å². The van der Waals surface area contributed by atoms with Crippen molar-refractivity contribution in [3.8, 4) is 0 Å². The summed E-state index contributed by atoms with van der Waals surface area (Å²) in [6.45, 7) is 6.55. The van der Waals surface area contributed by atoms with Crippen LogP contribution in [0, 0.1) is 17.8 Å². The van der Waals surface area contributed by atoms with Crippen LogP contribution in [0.5, 0.6) is 0 Å². The standard InChI is InChI=1S/C19H33N3O/c1-20-9-5-4-6-15(20)14-21-10-12-22(13-11-21)19(23)18-16-7-2-3-8-17(16)18/h15-18H,2-14H2,1H3/t15-,16-,17-/m1/s1. The van der Waals surface area contributed by atoms with Gasteiger partial charge >= 0.3 is 0 Å². The van der Waals surface area contributed by atoms with Crippen molar-refractivity contribution in [2.75, 3.05) is 46.3 Å². The lowest BCUT2D eigenvalue weighted by Crippen LogP contribution is -2.53. The van der Waals surface area contributed by atoms with Crippen LogP contribution in [-0.4, -0.2) is 73.0 Å². The van der Waals surface area contributed by atoms with Crippen LogP contribution < -0.4 is 0 Å². The zero-order valence-electron chi connectivity index (χ0n) is 14.8. The number of piperidine rings is 1. The average Bonchev–Trinajstić information content (AvgIpc) is 3.31. The summed E-state index contributed by atoms with van der Waals surface area (Å²) in [6, 6.07) is 0.734. The third-order valence-electron chi connectivity index (χ3n) is 7.02. The van der Waals surface area contributed by atoms with E-state index in [1.807, 2.05) is 0 Å². The second-order valence-electron chi connectivity index (χ2n) is 8.39. The number of likely N-dealkylation sites (N-methyl/N-ethyl adjacent to an activating group) is 1. The lowest BCUT2D eigenvalue weighted by Gasteiger charge is -2.40. The van der Waals surface area contributed by atoms with Crippen LogP contribution in [0.15, 0.2) is 0 Å². The van der Waals surface area contributed by atoms with E-state index in [2.05, 4.69) is 21.7 Å². The van der Waals surface area contributed by atoms with Gasteiger partial charge in [0.1, 0.15) is 0 Å². The molecule has 23 heavy (non-hydrogen) atoms. The van der Waals surface area contributed by atoms with Gasteiger partial charge in [-0.25, -0.2) is 0 Å². The fraction of sp³-hybridized carbons (Fsp3) is 0.947. The van der Waals surface area contributed by atoms with E-state index in [4.69, 9.17) is 0 Å². The van der Waals surface area contributed by atoms with Gasteiger partial charge in [-0.05, 0) is 51.1 Å². The first-order valence-corrected chi connectivity index (χ1v) is 9.95. The van der Waals surface area contributed by atoms with E-state index in [-0.39, 0.29) is 0 Å². The molecule has 1 amide bonds. The van der Waals surface area contributed by atoms with Crippen LogP contribution in [0.4, 0.5) is 0 Å². The Morgan fingerprint density at radius 3 is 2.17 bits per heavy atom. The van der Waals surface area contributed by atoms with Gasteiger partial charge in [0.25, 0.3) is 0 Å². The van der Waals surface area contributed by atoms with E-state index in [0.29, 0.717) is 11.8 Å². The Balaban J connectivity index is 1.24. The number of nitrogens with zero attached hydrogens (tertiary/aromatic N) is 3. The third-order valence-corrected chi connectivity index (χ3v) is 7.02. The summed E-state index contributed by atoms with van der Waals surface area (Å²) in [5.74, 6) is 2.42. The van der Waals surface area contributed by atoms with Gasteiger partial charge in [-0.3, -0.25) is 9.69 Å². The molecule has 4 rings (SSSR count). The molecule has 130 valence electrons. The Bertz CT molecular complexity index is 420. The molecule has 2 saturated heterocycles. The summed E-state index contributed by atoms with van der Waals surface area (Å²) in [5, 5.41) is 0. The van der Waals surface area contributed by atoms with Crippen LogP contribution in [-0.2, 0) is 4.79 Å². The highest BCUT2D eigenvalue weighted by molar-refractivity contribution is 5.82. The minimum atomic E-state index is 0.411. The predicted octanol–water partition coefficient (Wildman–Crippen LogP) is 2.05. The Morgan fingerprint density at radius 1 is 0.870 bits per heavy atom. The lowest BCUT2D eigenvalue weighted by molar-refractivity contribution is -0.135. The van der Waals surface area contributed by atoms with E-state index >= 15 is 0 Å². The normalized spacial score (nSPS) is 39.1. The summed E-state index contributed by atoms with van der Waals surface area (Å²) < 4.78 is 0. The zero-order chi connectivity index (χ0) is 15.8. The molecule has 0 unspecified atom stereocenters. The van der Waals surface area contributed by atoms with Crippen molar-refractivity contribution in [1.82, 2.24) is 14.7 Å². The molecule has 3 atom stereocenters. The number of rotatable bonds is 3. The first kappa shape index (κ1) is 15.9. The molecule has 2 saturated carbocycles. The molecule has 0 N–H and O–H groups in total. The number of likely N-dealkylation sites (tertiary alicyclic amines) is 1. The number of hydrogen-bond donors (Lipinski definition) is 0. The van der Waals surface area contributed by atoms with Crippen LogP contribution in [0.1, 0.15) is 44.9 Å². The van der Waals surface area contributed by atoms with Gasteiger partial charge in [0, 0.05) is 44.7 Å². The van der Waals surface area contributed by atoms with Gasteiger partial charge in [-0.2, -0.15) is 0 Å². The number of fused-ring (bicyclic) bond motifs is 1. The summed E-state index contributed by atoms with van der Waals surface area (Å²) in [5.41, 5.74) is 0. The van der Waals surface area contributed by atoms with Crippen molar-refractivity contribution in [2.24, 2.45) is 17.8 Å². The highest BCUT2D eigenvalue weighted by Gasteiger charge is 2.55. The molecule has 0 radical (unpaired) electrons. The smallest absolute Gasteiger partial charge is 0.226 e. The first-order chi connectivity index (χ1) is 11.2. The largest absolute Gasteiger partial charge is 0.340 e. The molecular weight excluding hydrogens is 286 g/mol. The van der Waals surface area contributed by atoms with Crippen LogP contribution in [0.25, 0.3) is 0 Å². The van der Waals surface area contributed by atoms with Gasteiger partial charge in [0.2, 0.25) is 5.91 Å². The second-order valence-corrected chi connectivity index (χ2v) is 8.39. The molecule has 2 aliphatic carbocycles. The first-order valence-electron chi connectivity index (χ1n) is 9.95. The molecule has 4 heteroatoms. The molecule has 4 fully saturated rings. The molecule has 0 spiro atoms. The molecule has 4 nitrogen and oxygen atoms in total. The maximum absolute atomic E-state index is 12.8. The molecule has 2 aliphatic heterocycles. The predicted molar refractivity (Wildman–Crippen MR) is 92.2 cm³/mol. The molecular formula is C19H33N3O. The highest BCUT2D eigenvalue weighted by atomic mass is 16.2. The topological polar surface area (TPSA) is 26.8 Å². The summed E-state index contributed by atoms with van der Waals surface area (Å²) in [7, 11) is 2.28. The number of piperazine rings is 1. The van der Waals surface area contributed by atoms with Crippen molar-refractivity contribution < 1.29 is 4.79 Å². The third kappa shape index (κ3) is 3.30. The van der Waals surface area contributed by atoms with Gasteiger partial charge < -0.3 is 9.80 Å². The molecule has 4 aliphatic rings. The Hall–Kier alpha value is -0.610. The van der Waals surface area contributed by atoms with Crippen molar-refractivity contribution in [1.29, 1.82) is 0 Å². The molecule has 0 aromatic rings. The summed E-state index contributed by atoms with van der Waals surface area (Å²) >= 11 is 0. The minimum Gasteiger partial charge on any atom is -0.340 e. The molecule has 0 bridgehead atoms.